The number of aromatic nitrogens is 1. The number of aliphatic hydroxyl groups is 1. The van der Waals surface area contributed by atoms with E-state index >= 15 is 0 Å². The quantitative estimate of drug-likeness (QED) is 0.581. The first-order valence-corrected chi connectivity index (χ1v) is 2.72. The van der Waals surface area contributed by atoms with E-state index in [1.54, 1.807) is 0 Å². The van der Waals surface area contributed by atoms with E-state index < -0.39 is 18.0 Å². The van der Waals surface area contributed by atoms with Gasteiger partial charge >= 0.3 is 0 Å². The van der Waals surface area contributed by atoms with Gasteiger partial charge in [-0.25, -0.2) is 4.39 Å². The molecule has 54 valence electrons. The molecule has 3 nitrogen and oxygen atoms in total. The highest BCUT2D eigenvalue weighted by Gasteiger charge is 1.98. The van der Waals surface area contributed by atoms with Crippen LogP contribution in [0.3, 0.4) is 0 Å². The molecule has 0 aliphatic rings. The summed E-state index contributed by atoms with van der Waals surface area (Å²) in [5.74, 6) is -0.675. The summed E-state index contributed by atoms with van der Waals surface area (Å²) in [5.41, 5.74) is -0.408. The van der Waals surface area contributed by atoms with Crippen molar-refractivity contribution < 1.29 is 9.50 Å². The molecule has 10 heavy (non-hydrogen) atoms. The van der Waals surface area contributed by atoms with E-state index in [0.717, 1.165) is 12.3 Å². The van der Waals surface area contributed by atoms with Crippen LogP contribution in [0.5, 0.6) is 0 Å². The van der Waals surface area contributed by atoms with Gasteiger partial charge in [0.15, 0.2) is 0 Å². The molecule has 0 aromatic carbocycles. The highest BCUT2D eigenvalue weighted by atomic mass is 19.1. The van der Waals surface area contributed by atoms with Crippen molar-refractivity contribution in [1.82, 2.24) is 4.98 Å². The van der Waals surface area contributed by atoms with Crippen molar-refractivity contribution in [3.8, 4) is 0 Å². The predicted molar refractivity (Wildman–Crippen MR) is 32.9 cm³/mol. The summed E-state index contributed by atoms with van der Waals surface area (Å²) in [7, 11) is 0. The molecule has 1 aromatic heterocycles. The van der Waals surface area contributed by atoms with Gasteiger partial charge in [-0.2, -0.15) is 0 Å². The Morgan fingerprint density at radius 2 is 2.40 bits per heavy atom. The number of pyridine rings is 1. The molecule has 0 radical (unpaired) electrons. The van der Waals surface area contributed by atoms with Gasteiger partial charge in [-0.15, -0.1) is 0 Å². The number of nitrogens with one attached hydrogen (secondary N) is 1. The fourth-order valence-corrected chi connectivity index (χ4v) is 0.598. The van der Waals surface area contributed by atoms with Gasteiger partial charge in [0, 0.05) is 17.8 Å². The highest BCUT2D eigenvalue weighted by Crippen LogP contribution is 1.99. The lowest BCUT2D eigenvalue weighted by Crippen LogP contribution is -2.06. The van der Waals surface area contributed by atoms with Gasteiger partial charge in [0.2, 0.25) is 0 Å². The molecular formula is C6H6FNO2. The largest absolute Gasteiger partial charge is 0.392 e. The number of rotatable bonds is 1. The molecule has 0 saturated carbocycles. The minimum atomic E-state index is -0.675. The maximum absolute atomic E-state index is 12.5. The highest BCUT2D eigenvalue weighted by molar-refractivity contribution is 5.09. The molecule has 0 aliphatic carbocycles. The lowest BCUT2D eigenvalue weighted by atomic mass is 10.3. The molecule has 0 spiro atoms. The van der Waals surface area contributed by atoms with E-state index in [0.29, 0.717) is 0 Å². The van der Waals surface area contributed by atoms with Crippen molar-refractivity contribution >= 4 is 0 Å². The first-order valence-electron chi connectivity index (χ1n) is 2.72. The van der Waals surface area contributed by atoms with Gasteiger partial charge < -0.3 is 10.1 Å². The number of aromatic amines is 1. The molecule has 0 saturated heterocycles. The van der Waals surface area contributed by atoms with Crippen molar-refractivity contribution in [3.05, 3.63) is 34.0 Å². The van der Waals surface area contributed by atoms with Gasteiger partial charge in [0.25, 0.3) is 5.56 Å². The van der Waals surface area contributed by atoms with E-state index in [-0.39, 0.29) is 5.56 Å². The minimum absolute atomic E-state index is 0.0969. The van der Waals surface area contributed by atoms with Crippen molar-refractivity contribution in [2.24, 2.45) is 0 Å². The molecule has 0 unspecified atom stereocenters. The van der Waals surface area contributed by atoms with Gasteiger partial charge in [-0.3, -0.25) is 4.79 Å². The van der Waals surface area contributed by atoms with Crippen LogP contribution in [0.1, 0.15) is 5.56 Å². The number of hydrogen-bond donors (Lipinski definition) is 2. The van der Waals surface area contributed by atoms with E-state index in [1.165, 1.54) is 0 Å². The fraction of sp³-hybridized carbons (Fsp3) is 0.167. The van der Waals surface area contributed by atoms with Crippen molar-refractivity contribution in [3.63, 3.8) is 0 Å². The number of H-pyrrole nitrogens is 1. The molecule has 1 aromatic rings. The molecule has 1 rings (SSSR count). The molecule has 0 amide bonds. The van der Waals surface area contributed by atoms with Crippen LogP contribution in [0.25, 0.3) is 0 Å². The van der Waals surface area contributed by atoms with Crippen LogP contribution in [0, 0.1) is 5.82 Å². The molecule has 0 aliphatic heterocycles. The Morgan fingerprint density at radius 3 is 2.90 bits per heavy atom. The molecule has 4 heteroatoms. The summed E-state index contributed by atoms with van der Waals surface area (Å²) in [4.78, 5) is 12.6. The molecule has 0 atom stereocenters. The molecule has 0 fully saturated rings. The monoisotopic (exact) mass is 143 g/mol. The smallest absolute Gasteiger partial charge is 0.250 e. The first-order chi connectivity index (χ1) is 4.74. The van der Waals surface area contributed by atoms with Gasteiger partial charge in [-0.1, -0.05) is 0 Å². The fourth-order valence-electron chi connectivity index (χ4n) is 0.598. The van der Waals surface area contributed by atoms with Crippen LogP contribution in [0.2, 0.25) is 0 Å². The summed E-state index contributed by atoms with van der Waals surface area (Å²) in [6.45, 7) is -0.400. The summed E-state index contributed by atoms with van der Waals surface area (Å²) < 4.78 is 12.5. The zero-order valence-corrected chi connectivity index (χ0v) is 5.10. The lowest BCUT2D eigenvalue weighted by molar-refractivity contribution is 0.275. The van der Waals surface area contributed by atoms with Crippen LogP contribution >= 0.6 is 0 Å². The minimum Gasteiger partial charge on any atom is -0.392 e. The topological polar surface area (TPSA) is 53.1 Å². The predicted octanol–water partition coefficient (Wildman–Crippen LogP) is 0.00630. The number of halogens is 1. The third-order valence-electron chi connectivity index (χ3n) is 1.12. The van der Waals surface area contributed by atoms with Gasteiger partial charge in [0.1, 0.15) is 5.82 Å². The maximum atomic E-state index is 12.5. The van der Waals surface area contributed by atoms with Crippen LogP contribution in [-0.2, 0) is 6.61 Å². The SMILES string of the molecule is O=c1cc(F)c(CO)c[nH]1. The second-order valence-corrected chi connectivity index (χ2v) is 1.83. The van der Waals surface area contributed by atoms with Crippen LogP contribution in [0.4, 0.5) is 4.39 Å². The summed E-state index contributed by atoms with van der Waals surface area (Å²) in [5, 5.41) is 8.45. The molecular weight excluding hydrogens is 137 g/mol. The summed E-state index contributed by atoms with van der Waals surface area (Å²) in [6, 6.07) is 0.797. The van der Waals surface area contributed by atoms with Crippen molar-refractivity contribution in [2.75, 3.05) is 0 Å². The summed E-state index contributed by atoms with van der Waals surface area (Å²) in [6.07, 6.45) is 1.15. The Labute approximate surface area is 56.1 Å². The normalized spacial score (nSPS) is 9.80. The number of hydrogen-bond acceptors (Lipinski definition) is 2. The van der Waals surface area contributed by atoms with Gasteiger partial charge in [-0.05, 0) is 0 Å². The Hall–Kier alpha value is -1.16. The standard InChI is InChI=1S/C6H6FNO2/c7-5-1-6(10)8-2-4(5)3-9/h1-2,9H,3H2,(H,8,10). The average Bonchev–Trinajstić information content (AvgIpc) is 1.88. The zero-order valence-electron chi connectivity index (χ0n) is 5.10. The second kappa shape index (κ2) is 2.62. The Kier molecular flexibility index (Phi) is 1.82. The Bertz CT molecular complexity index is 281. The molecule has 1 heterocycles. The summed E-state index contributed by atoms with van der Waals surface area (Å²) >= 11 is 0. The van der Waals surface area contributed by atoms with E-state index in [4.69, 9.17) is 5.11 Å². The van der Waals surface area contributed by atoms with Gasteiger partial charge in [0.05, 0.1) is 6.61 Å². The molecule has 2 N–H and O–H groups in total. The second-order valence-electron chi connectivity index (χ2n) is 1.83. The Morgan fingerprint density at radius 1 is 1.70 bits per heavy atom. The van der Waals surface area contributed by atoms with Crippen molar-refractivity contribution in [1.29, 1.82) is 0 Å². The van der Waals surface area contributed by atoms with E-state index in [9.17, 15) is 9.18 Å². The van der Waals surface area contributed by atoms with E-state index in [1.807, 2.05) is 0 Å². The third kappa shape index (κ3) is 1.22. The average molecular weight is 143 g/mol. The van der Waals surface area contributed by atoms with Crippen LogP contribution < -0.4 is 5.56 Å². The number of aliphatic hydroxyl groups excluding tert-OH is 1. The molecule has 0 bridgehead atoms. The van der Waals surface area contributed by atoms with E-state index in [2.05, 4.69) is 4.98 Å². The van der Waals surface area contributed by atoms with Crippen molar-refractivity contribution in [2.45, 2.75) is 6.61 Å². The van der Waals surface area contributed by atoms with Crippen LogP contribution in [-0.4, -0.2) is 10.1 Å². The first kappa shape index (κ1) is 6.95. The zero-order chi connectivity index (χ0) is 7.56. The van der Waals surface area contributed by atoms with Crippen LogP contribution in [0.15, 0.2) is 17.1 Å². The third-order valence-corrected chi connectivity index (χ3v) is 1.12. The maximum Gasteiger partial charge on any atom is 0.250 e. The Balaban J connectivity index is 3.19. The lowest BCUT2D eigenvalue weighted by Gasteiger charge is -1.94.